The van der Waals surface area contributed by atoms with Crippen molar-refractivity contribution in [3.63, 3.8) is 0 Å². The van der Waals surface area contributed by atoms with Crippen LogP contribution >= 0.6 is 0 Å². The Balaban J connectivity index is 2.18. The highest BCUT2D eigenvalue weighted by Crippen LogP contribution is 2.30. The Hall–Kier alpha value is -0.730. The predicted octanol–water partition coefficient (Wildman–Crippen LogP) is -1.59. The lowest BCUT2D eigenvalue weighted by Gasteiger charge is -2.46. The van der Waals surface area contributed by atoms with Crippen LogP contribution in [0.4, 0.5) is 0 Å². The average molecular weight is 248 g/mol. The van der Waals surface area contributed by atoms with Crippen molar-refractivity contribution in [2.24, 2.45) is 0 Å². The van der Waals surface area contributed by atoms with Gasteiger partial charge >= 0.3 is 5.97 Å². The van der Waals surface area contributed by atoms with E-state index in [0.29, 0.717) is 0 Å². The maximum absolute atomic E-state index is 11.4. The quantitative estimate of drug-likeness (QED) is 0.569. The van der Waals surface area contributed by atoms with E-state index in [1.807, 2.05) is 0 Å². The van der Waals surface area contributed by atoms with Crippen LogP contribution in [0.3, 0.4) is 0 Å². The lowest BCUT2D eigenvalue weighted by Crippen LogP contribution is -2.64. The van der Waals surface area contributed by atoms with Crippen LogP contribution in [0.2, 0.25) is 0 Å². The lowest BCUT2D eigenvalue weighted by atomic mass is 9.97. The van der Waals surface area contributed by atoms with Crippen molar-refractivity contribution in [2.75, 3.05) is 13.7 Å². The minimum atomic E-state index is -1.07. The molecule has 0 aromatic rings. The van der Waals surface area contributed by atoms with E-state index in [1.165, 1.54) is 14.0 Å². The Morgan fingerprint density at radius 3 is 2.65 bits per heavy atom. The van der Waals surface area contributed by atoms with Gasteiger partial charge in [0.1, 0.15) is 18.3 Å². The summed E-state index contributed by atoms with van der Waals surface area (Å²) in [7, 11) is 1.38. The van der Waals surface area contributed by atoms with Crippen LogP contribution in [-0.2, 0) is 23.7 Å². The molecule has 17 heavy (non-hydrogen) atoms. The molecular formula is C10H16O7. The first kappa shape index (κ1) is 12.7. The van der Waals surface area contributed by atoms with Gasteiger partial charge in [0.15, 0.2) is 18.5 Å². The second-order valence-electron chi connectivity index (χ2n) is 4.10. The summed E-state index contributed by atoms with van der Waals surface area (Å²) in [6.07, 6.45) is -5.05. The van der Waals surface area contributed by atoms with Crippen LogP contribution in [0.1, 0.15) is 6.92 Å². The molecule has 7 nitrogen and oxygen atoms in total. The molecule has 2 fully saturated rings. The van der Waals surface area contributed by atoms with Crippen molar-refractivity contribution in [1.82, 2.24) is 0 Å². The molecule has 2 aliphatic rings. The number of hydrogen-bond acceptors (Lipinski definition) is 7. The molecule has 0 aromatic heterocycles. The fourth-order valence-electron chi connectivity index (χ4n) is 2.05. The second kappa shape index (κ2) is 4.87. The molecule has 98 valence electrons. The van der Waals surface area contributed by atoms with Gasteiger partial charge in [-0.15, -0.1) is 0 Å². The Labute approximate surface area is 98.2 Å². The molecule has 2 aliphatic heterocycles. The largest absolute Gasteiger partial charge is 0.455 e. The van der Waals surface area contributed by atoms with E-state index in [1.54, 1.807) is 0 Å². The number of hydrogen-bond donors (Lipinski definition) is 2. The summed E-state index contributed by atoms with van der Waals surface area (Å²) in [4.78, 5) is 11.4. The lowest BCUT2D eigenvalue weighted by molar-refractivity contribution is -0.322. The van der Waals surface area contributed by atoms with Gasteiger partial charge in [-0.3, -0.25) is 0 Å². The summed E-state index contributed by atoms with van der Waals surface area (Å²) in [5, 5.41) is 19.1. The summed E-state index contributed by atoms with van der Waals surface area (Å²) < 4.78 is 20.7. The van der Waals surface area contributed by atoms with Gasteiger partial charge in [0.05, 0.1) is 6.61 Å². The smallest absolute Gasteiger partial charge is 0.335 e. The van der Waals surface area contributed by atoms with Crippen molar-refractivity contribution < 1.29 is 34.0 Å². The standard InChI is InChI=1S/C10H16O7/c1-4-9(13)17-7-5(3-11)16-10(14-2)6(12)8(7)15-4/h4-8,10-12H,3H2,1-2H3/t4-,5+,6+,7-,8+,10-/m0/s1. The maximum Gasteiger partial charge on any atom is 0.335 e. The molecule has 2 N–H and O–H groups in total. The zero-order valence-corrected chi connectivity index (χ0v) is 9.61. The SMILES string of the molecule is CO[C@H]1O[C@H](CO)[C@@H]2OC(=O)[C@H](C)O[C@@H]2[C@H]1O. The number of carbonyl (C=O) groups is 1. The number of carbonyl (C=O) groups excluding carboxylic acids is 1. The van der Waals surface area contributed by atoms with Gasteiger partial charge in [-0.25, -0.2) is 4.79 Å². The number of fused-ring (bicyclic) bond motifs is 1. The van der Waals surface area contributed by atoms with Crippen molar-refractivity contribution in [3.05, 3.63) is 0 Å². The summed E-state index contributed by atoms with van der Waals surface area (Å²) in [5.74, 6) is -0.531. The average Bonchev–Trinajstić information content (AvgIpc) is 2.32. The fraction of sp³-hybridized carbons (Fsp3) is 0.900. The number of methoxy groups -OCH3 is 1. The van der Waals surface area contributed by atoms with Gasteiger partial charge < -0.3 is 29.2 Å². The van der Waals surface area contributed by atoms with E-state index >= 15 is 0 Å². The van der Waals surface area contributed by atoms with Gasteiger partial charge in [0.25, 0.3) is 0 Å². The summed E-state index contributed by atoms with van der Waals surface area (Å²) in [6, 6.07) is 0. The third-order valence-corrected chi connectivity index (χ3v) is 2.97. The van der Waals surface area contributed by atoms with Gasteiger partial charge in [-0.05, 0) is 6.92 Å². The molecular weight excluding hydrogens is 232 g/mol. The maximum atomic E-state index is 11.4. The summed E-state index contributed by atoms with van der Waals surface area (Å²) in [5.41, 5.74) is 0. The van der Waals surface area contributed by atoms with Crippen LogP contribution in [-0.4, -0.2) is 66.7 Å². The first-order valence-corrected chi connectivity index (χ1v) is 5.41. The summed E-state index contributed by atoms with van der Waals surface area (Å²) >= 11 is 0. The van der Waals surface area contributed by atoms with Crippen LogP contribution in [0, 0.1) is 0 Å². The Bertz CT molecular complexity index is 294. The number of aliphatic hydroxyl groups excluding tert-OH is 2. The van der Waals surface area contributed by atoms with Crippen molar-refractivity contribution in [3.8, 4) is 0 Å². The van der Waals surface area contributed by atoms with Gasteiger partial charge in [0.2, 0.25) is 0 Å². The van der Waals surface area contributed by atoms with E-state index in [9.17, 15) is 15.0 Å². The first-order valence-electron chi connectivity index (χ1n) is 5.41. The van der Waals surface area contributed by atoms with Crippen LogP contribution in [0.5, 0.6) is 0 Å². The second-order valence-corrected chi connectivity index (χ2v) is 4.10. The zero-order valence-electron chi connectivity index (χ0n) is 9.61. The highest BCUT2D eigenvalue weighted by Gasteiger charge is 2.52. The molecule has 0 aliphatic carbocycles. The van der Waals surface area contributed by atoms with Gasteiger partial charge in [0, 0.05) is 7.11 Å². The number of aliphatic hydroxyl groups is 2. The first-order chi connectivity index (χ1) is 8.08. The number of ether oxygens (including phenoxy) is 4. The third kappa shape index (κ3) is 2.16. The van der Waals surface area contributed by atoms with Crippen LogP contribution in [0.25, 0.3) is 0 Å². The predicted molar refractivity (Wildman–Crippen MR) is 53.0 cm³/mol. The van der Waals surface area contributed by atoms with Gasteiger partial charge in [-0.2, -0.15) is 0 Å². The van der Waals surface area contributed by atoms with Crippen molar-refractivity contribution >= 4 is 5.97 Å². The summed E-state index contributed by atoms with van der Waals surface area (Å²) in [6.45, 7) is 1.19. The number of rotatable bonds is 2. The molecule has 6 atom stereocenters. The molecule has 2 rings (SSSR count). The molecule has 0 unspecified atom stereocenters. The van der Waals surface area contributed by atoms with Gasteiger partial charge in [-0.1, -0.05) is 0 Å². The van der Waals surface area contributed by atoms with E-state index in [0.717, 1.165) is 0 Å². The topological polar surface area (TPSA) is 94.5 Å². The minimum Gasteiger partial charge on any atom is -0.455 e. The van der Waals surface area contributed by atoms with E-state index in [4.69, 9.17) is 18.9 Å². The zero-order chi connectivity index (χ0) is 12.6. The molecule has 2 heterocycles. The van der Waals surface area contributed by atoms with Crippen molar-refractivity contribution in [2.45, 2.75) is 43.7 Å². The third-order valence-electron chi connectivity index (χ3n) is 2.97. The van der Waals surface area contributed by atoms with E-state index in [2.05, 4.69) is 0 Å². The molecule has 0 aromatic carbocycles. The molecule has 0 spiro atoms. The molecule has 7 heteroatoms. The van der Waals surface area contributed by atoms with E-state index in [-0.39, 0.29) is 6.61 Å². The molecule has 0 radical (unpaired) electrons. The van der Waals surface area contributed by atoms with Crippen LogP contribution < -0.4 is 0 Å². The minimum absolute atomic E-state index is 0.348. The Morgan fingerprint density at radius 2 is 2.06 bits per heavy atom. The molecule has 0 saturated carbocycles. The van der Waals surface area contributed by atoms with Crippen LogP contribution in [0.15, 0.2) is 0 Å². The normalized spacial score (nSPS) is 46.2. The molecule has 0 amide bonds. The highest BCUT2D eigenvalue weighted by atomic mass is 16.7. The number of esters is 1. The van der Waals surface area contributed by atoms with E-state index < -0.39 is 42.8 Å². The molecule has 2 saturated heterocycles. The Morgan fingerprint density at radius 1 is 1.35 bits per heavy atom. The van der Waals surface area contributed by atoms with Crippen molar-refractivity contribution in [1.29, 1.82) is 0 Å². The fourth-order valence-corrected chi connectivity index (χ4v) is 2.05. The highest BCUT2D eigenvalue weighted by molar-refractivity contribution is 5.75. The molecule has 0 bridgehead atoms. The Kier molecular flexibility index (Phi) is 3.64. The monoisotopic (exact) mass is 248 g/mol.